The van der Waals surface area contributed by atoms with Gasteiger partial charge in [-0.3, -0.25) is 4.74 Å². The van der Waals surface area contributed by atoms with Crippen LogP contribution in [0, 0.1) is 0 Å². The van der Waals surface area contributed by atoms with E-state index in [1.807, 2.05) is 0 Å². The number of rotatable bonds is 4. The lowest BCUT2D eigenvalue weighted by molar-refractivity contribution is -0.317. The van der Waals surface area contributed by atoms with Crippen LogP contribution in [-0.2, 0) is 4.74 Å². The normalized spacial score (nSPS) is 21.3. The van der Waals surface area contributed by atoms with Crippen LogP contribution < -0.4 is 0 Å². The Kier molecular flexibility index (Phi) is 5.94. The van der Waals surface area contributed by atoms with E-state index in [-0.39, 0.29) is 0 Å². The third kappa shape index (κ3) is 4.07. The lowest BCUT2D eigenvalue weighted by atomic mass is 10.3. The fraction of sp³-hybridized carbons (Fsp3) is 1.00. The van der Waals surface area contributed by atoms with E-state index in [2.05, 4.69) is 39.5 Å². The van der Waals surface area contributed by atoms with Crippen molar-refractivity contribution >= 4 is 81.2 Å². The zero-order valence-corrected chi connectivity index (χ0v) is 12.7. The van der Waals surface area contributed by atoms with Gasteiger partial charge in [-0.25, -0.2) is 4.39 Å². The minimum atomic E-state index is -5.24. The monoisotopic (exact) mass is 416 g/mol. The summed E-state index contributed by atoms with van der Waals surface area (Å²) in [6.07, 6.45) is 0. The molecule has 0 saturated heterocycles. The number of halogens is 12. The average molecular weight is 419 g/mol. The van der Waals surface area contributed by atoms with Crippen molar-refractivity contribution in [2.75, 3.05) is 0 Å². The highest BCUT2D eigenvalue weighted by molar-refractivity contribution is 6.70. The van der Waals surface area contributed by atoms with Crippen LogP contribution >= 0.6 is 81.2 Å². The smallest absolute Gasteiger partial charge is 0.282 e. The molecule has 0 aromatic heterocycles. The van der Waals surface area contributed by atoms with Crippen molar-refractivity contribution in [2.45, 2.75) is 24.9 Å². The lowest BCUT2D eigenvalue weighted by Crippen LogP contribution is -2.58. The molecular formula is C5Cl7F5O. The Hall–Kier alpha value is 1.64. The highest BCUT2D eigenvalue weighted by Crippen LogP contribution is 2.56. The van der Waals surface area contributed by atoms with Crippen molar-refractivity contribution in [1.82, 2.24) is 0 Å². The van der Waals surface area contributed by atoms with Gasteiger partial charge >= 0.3 is 21.1 Å². The maximum Gasteiger partial charge on any atom is 0.385 e. The molecule has 0 saturated carbocycles. The number of ether oxygens (including phenoxy) is 1. The molecule has 2 atom stereocenters. The first-order valence-corrected chi connectivity index (χ1v) is 6.07. The summed E-state index contributed by atoms with van der Waals surface area (Å²) in [6, 6.07) is 0. The Morgan fingerprint density at radius 2 is 1.00 bits per heavy atom. The molecule has 0 fully saturated rings. The number of hydrogen-bond acceptors (Lipinski definition) is 1. The van der Waals surface area contributed by atoms with E-state index in [9.17, 15) is 22.0 Å². The van der Waals surface area contributed by atoms with E-state index in [4.69, 9.17) is 46.4 Å². The summed E-state index contributed by atoms with van der Waals surface area (Å²) in [5.41, 5.74) is 0. The number of hydrogen-bond donors (Lipinski definition) is 0. The Morgan fingerprint density at radius 3 is 1.17 bits per heavy atom. The molecule has 0 rings (SSSR count). The van der Waals surface area contributed by atoms with Gasteiger partial charge in [-0.2, -0.15) is 17.6 Å². The van der Waals surface area contributed by atoms with Crippen molar-refractivity contribution in [2.24, 2.45) is 0 Å². The SMILES string of the molecule is FC(F)(Cl)C(F)(OC(F)(Cl)C(Cl)(Cl)Cl)C(F)(Cl)Cl. The molecule has 0 aliphatic rings. The van der Waals surface area contributed by atoms with Gasteiger partial charge in [0.2, 0.25) is 0 Å². The van der Waals surface area contributed by atoms with Crippen molar-refractivity contribution < 1.29 is 26.7 Å². The van der Waals surface area contributed by atoms with E-state index in [1.54, 1.807) is 0 Å². The van der Waals surface area contributed by atoms with Crippen molar-refractivity contribution in [3.8, 4) is 0 Å². The van der Waals surface area contributed by atoms with Crippen LogP contribution in [0.4, 0.5) is 22.0 Å². The van der Waals surface area contributed by atoms with Crippen LogP contribution in [0.1, 0.15) is 0 Å². The van der Waals surface area contributed by atoms with Gasteiger partial charge in [0.15, 0.2) is 0 Å². The maximum absolute atomic E-state index is 13.6. The van der Waals surface area contributed by atoms with Gasteiger partial charge in [-0.05, 0) is 23.2 Å². The molecule has 110 valence electrons. The molecule has 0 amide bonds. The first-order valence-electron chi connectivity index (χ1n) is 3.43. The van der Waals surface area contributed by atoms with Gasteiger partial charge in [0.25, 0.3) is 3.79 Å². The summed E-state index contributed by atoms with van der Waals surface area (Å²) in [5, 5.41) is -9.49. The van der Waals surface area contributed by atoms with Gasteiger partial charge in [-0.15, -0.1) is 0 Å². The summed E-state index contributed by atoms with van der Waals surface area (Å²) in [7, 11) is 0. The molecule has 18 heavy (non-hydrogen) atoms. The van der Waals surface area contributed by atoms with Crippen LogP contribution in [-0.4, -0.2) is 24.9 Å². The van der Waals surface area contributed by atoms with E-state index in [1.165, 1.54) is 0 Å². The van der Waals surface area contributed by atoms with Crippen LogP contribution in [0.25, 0.3) is 0 Å². The fourth-order valence-corrected chi connectivity index (χ4v) is 1.31. The molecular weight excluding hydrogens is 419 g/mol. The Bertz CT molecular complexity index is 291. The first kappa shape index (κ1) is 19.6. The summed E-state index contributed by atoms with van der Waals surface area (Å²) >= 11 is 32.4. The molecule has 0 aliphatic heterocycles. The van der Waals surface area contributed by atoms with Crippen LogP contribution in [0.5, 0.6) is 0 Å². The topological polar surface area (TPSA) is 9.23 Å². The fourth-order valence-electron chi connectivity index (χ4n) is 0.511. The predicted octanol–water partition coefficient (Wildman–Crippen LogP) is 5.83. The molecule has 0 bridgehead atoms. The minimum absolute atomic E-state index is 3.23. The summed E-state index contributed by atoms with van der Waals surface area (Å²) in [4.78, 5) is 0. The van der Waals surface area contributed by atoms with Crippen LogP contribution in [0.15, 0.2) is 0 Å². The lowest BCUT2D eigenvalue weighted by Gasteiger charge is -2.38. The van der Waals surface area contributed by atoms with E-state index >= 15 is 0 Å². The van der Waals surface area contributed by atoms with Crippen LogP contribution in [0.3, 0.4) is 0 Å². The summed E-state index contributed by atoms with van der Waals surface area (Å²) in [5.74, 6) is -5.15. The Balaban J connectivity index is 5.58. The zero-order valence-electron chi connectivity index (χ0n) is 7.44. The molecule has 0 aromatic rings. The second-order valence-electron chi connectivity index (χ2n) is 2.71. The molecule has 0 aromatic carbocycles. The van der Waals surface area contributed by atoms with Gasteiger partial charge in [0.05, 0.1) is 0 Å². The molecule has 0 N–H and O–H groups in total. The third-order valence-corrected chi connectivity index (χ3v) is 3.44. The standard InChI is InChI=1S/C5Cl7F5O/c6-2(7,8)5(12,17)18-1(13,3(9,10)14)4(11,15)16. The van der Waals surface area contributed by atoms with Gasteiger partial charge in [0.1, 0.15) is 0 Å². The minimum Gasteiger partial charge on any atom is -0.282 e. The molecule has 2 unspecified atom stereocenters. The van der Waals surface area contributed by atoms with Crippen molar-refractivity contribution in [1.29, 1.82) is 0 Å². The molecule has 1 nitrogen and oxygen atoms in total. The second kappa shape index (κ2) is 5.44. The first-order chi connectivity index (χ1) is 7.46. The van der Waals surface area contributed by atoms with Crippen molar-refractivity contribution in [3.63, 3.8) is 0 Å². The Morgan fingerprint density at radius 1 is 0.667 bits per heavy atom. The van der Waals surface area contributed by atoms with E-state index in [0.717, 1.165) is 0 Å². The highest BCUT2D eigenvalue weighted by atomic mass is 35.6. The quantitative estimate of drug-likeness (QED) is 0.412. The summed E-state index contributed by atoms with van der Waals surface area (Å²) < 4.78 is 60.7. The largest absolute Gasteiger partial charge is 0.385 e. The molecule has 0 heterocycles. The molecule has 0 radical (unpaired) electrons. The molecule has 0 aliphatic carbocycles. The molecule has 13 heteroatoms. The summed E-state index contributed by atoms with van der Waals surface area (Å²) in [6.45, 7) is 0. The maximum atomic E-state index is 13.6. The molecule has 0 spiro atoms. The van der Waals surface area contributed by atoms with E-state index < -0.39 is 24.9 Å². The predicted molar refractivity (Wildman–Crippen MR) is 61.3 cm³/mol. The van der Waals surface area contributed by atoms with Gasteiger partial charge in [0, 0.05) is 0 Å². The average Bonchev–Trinajstić information content (AvgIpc) is 1.95. The highest BCUT2D eigenvalue weighted by Gasteiger charge is 2.73. The number of alkyl halides is 12. The van der Waals surface area contributed by atoms with Crippen LogP contribution in [0.2, 0.25) is 0 Å². The van der Waals surface area contributed by atoms with Gasteiger partial charge in [-0.1, -0.05) is 58.0 Å². The third-order valence-electron chi connectivity index (χ3n) is 1.33. The van der Waals surface area contributed by atoms with E-state index in [0.29, 0.717) is 0 Å². The zero-order chi connectivity index (χ0) is 15.2. The van der Waals surface area contributed by atoms with Gasteiger partial charge < -0.3 is 0 Å². The van der Waals surface area contributed by atoms with Crippen molar-refractivity contribution in [3.05, 3.63) is 0 Å². The Labute approximate surface area is 132 Å². The second-order valence-corrected chi connectivity index (χ2v) is 7.18.